The standard InChI is InChI=1S/C76H66N8/c1-7-77-67-37-21-59(22-38-67)75(60-23-39-68(40-24-60)78-8-2,61-25-41-69(42-26-61)79-9-3)65-33-49-73(50-34-65)83-53-55-13-17-57(18-14-55)58-19-15-56(16-20-58)54-84-74-51-35-66(36-52-74)76(62-27-43-70(44-28-62)80-10-4,63-29-45-71(46-30-63)81-11-5)64-31-47-72(48-32-64)82-12-6/h7-54H,1-6H3. The van der Waals surface area contributed by atoms with Gasteiger partial charge < -0.3 is 0 Å². The van der Waals surface area contributed by atoms with Crippen molar-refractivity contribution in [1.29, 1.82) is 0 Å². The maximum absolute atomic E-state index is 4.96. The third-order valence-corrected chi connectivity index (χ3v) is 15.0. The summed E-state index contributed by atoms with van der Waals surface area (Å²) in [6.45, 7) is 11.6. The zero-order valence-electron chi connectivity index (χ0n) is 48.3. The van der Waals surface area contributed by atoms with E-state index in [1.165, 1.54) is 0 Å². The van der Waals surface area contributed by atoms with Crippen LogP contribution in [0.3, 0.4) is 0 Å². The molecule has 0 N–H and O–H groups in total. The molecule has 0 saturated heterocycles. The van der Waals surface area contributed by atoms with Gasteiger partial charge in [-0.1, -0.05) is 146 Å². The van der Waals surface area contributed by atoms with Crippen molar-refractivity contribution in [2.45, 2.75) is 52.4 Å². The Morgan fingerprint density at radius 2 is 0.345 bits per heavy atom. The lowest BCUT2D eigenvalue weighted by molar-refractivity contribution is 0.745. The smallest absolute Gasteiger partial charge is 0.0701 e. The molecule has 8 heteroatoms. The van der Waals surface area contributed by atoms with E-state index in [2.05, 4.69) is 273 Å². The lowest BCUT2D eigenvalue weighted by Crippen LogP contribution is -2.30. The van der Waals surface area contributed by atoms with Crippen molar-refractivity contribution >= 4 is 95.2 Å². The molecule has 0 fully saturated rings. The van der Waals surface area contributed by atoms with Gasteiger partial charge in [0, 0.05) is 49.7 Å². The van der Waals surface area contributed by atoms with Crippen LogP contribution in [0.25, 0.3) is 11.1 Å². The van der Waals surface area contributed by atoms with Crippen LogP contribution in [-0.2, 0) is 10.8 Å². The van der Waals surface area contributed by atoms with E-state index in [9.17, 15) is 0 Å². The van der Waals surface area contributed by atoms with Crippen molar-refractivity contribution < 1.29 is 0 Å². The first kappa shape index (κ1) is 56.8. The van der Waals surface area contributed by atoms with Gasteiger partial charge in [-0.25, -0.2) is 0 Å². The number of hydrogen-bond acceptors (Lipinski definition) is 8. The second-order valence-corrected chi connectivity index (χ2v) is 20.0. The van der Waals surface area contributed by atoms with Gasteiger partial charge in [0.25, 0.3) is 0 Å². The Hall–Kier alpha value is -10.4. The van der Waals surface area contributed by atoms with Crippen molar-refractivity contribution in [1.82, 2.24) is 0 Å². The number of rotatable bonds is 19. The number of benzene rings is 10. The summed E-state index contributed by atoms with van der Waals surface area (Å²) in [4.78, 5) is 37.3. The Balaban J connectivity index is 0.883. The molecule has 0 aliphatic rings. The van der Waals surface area contributed by atoms with E-state index in [0.29, 0.717) is 0 Å². The average Bonchev–Trinajstić information content (AvgIpc) is 2.79. The van der Waals surface area contributed by atoms with Gasteiger partial charge in [0.15, 0.2) is 0 Å². The van der Waals surface area contributed by atoms with Crippen LogP contribution in [0, 0.1) is 0 Å². The van der Waals surface area contributed by atoms with E-state index in [1.807, 2.05) is 91.3 Å². The summed E-state index contributed by atoms with van der Waals surface area (Å²) in [5, 5.41) is 0. The van der Waals surface area contributed by atoms with Crippen LogP contribution in [0.1, 0.15) is 97.2 Å². The number of aliphatic imine (C=N–C) groups is 8. The van der Waals surface area contributed by atoms with Gasteiger partial charge in [0.05, 0.1) is 56.3 Å². The number of hydrogen-bond donors (Lipinski definition) is 0. The minimum Gasteiger partial charge on any atom is -0.262 e. The van der Waals surface area contributed by atoms with Crippen LogP contribution in [0.2, 0.25) is 0 Å². The zero-order chi connectivity index (χ0) is 58.1. The van der Waals surface area contributed by atoms with Gasteiger partial charge in [-0.2, -0.15) is 0 Å². The van der Waals surface area contributed by atoms with Gasteiger partial charge in [-0.3, -0.25) is 39.9 Å². The molecule has 0 aliphatic heterocycles. The van der Waals surface area contributed by atoms with E-state index in [0.717, 1.165) is 112 Å². The minimum absolute atomic E-state index is 0.682. The Morgan fingerprint density at radius 3 is 0.500 bits per heavy atom. The van der Waals surface area contributed by atoms with E-state index in [-0.39, 0.29) is 0 Å². The fraction of sp³-hybridized carbons (Fsp3) is 0.105. The van der Waals surface area contributed by atoms with Crippen LogP contribution in [0.15, 0.2) is 283 Å². The lowest BCUT2D eigenvalue weighted by Gasteiger charge is -2.37. The molecule has 0 amide bonds. The molecule has 8 nitrogen and oxygen atoms in total. The highest BCUT2D eigenvalue weighted by molar-refractivity contribution is 5.85. The molecule has 0 heterocycles. The normalized spacial score (nSPS) is 13.6. The monoisotopic (exact) mass is 1090 g/mol. The predicted octanol–water partition coefficient (Wildman–Crippen LogP) is 20.0. The molecule has 0 unspecified atom stereocenters. The second kappa shape index (κ2) is 26.9. The minimum atomic E-state index is -0.682. The summed E-state index contributed by atoms with van der Waals surface area (Å²) >= 11 is 0. The fourth-order valence-electron chi connectivity index (χ4n) is 11.1. The largest absolute Gasteiger partial charge is 0.262 e. The molecular formula is C76H66N8. The summed E-state index contributed by atoms with van der Waals surface area (Å²) in [7, 11) is 0. The molecule has 10 aromatic rings. The van der Waals surface area contributed by atoms with Crippen LogP contribution < -0.4 is 0 Å². The van der Waals surface area contributed by atoms with E-state index in [1.54, 1.807) is 0 Å². The second-order valence-electron chi connectivity index (χ2n) is 20.0. The molecule has 84 heavy (non-hydrogen) atoms. The van der Waals surface area contributed by atoms with Gasteiger partial charge in [0.2, 0.25) is 0 Å². The quantitative estimate of drug-likeness (QED) is 0.0569. The molecule has 10 rings (SSSR count). The van der Waals surface area contributed by atoms with E-state index in [4.69, 9.17) is 9.98 Å². The molecule has 0 aliphatic carbocycles. The highest BCUT2D eigenvalue weighted by Crippen LogP contribution is 2.49. The zero-order valence-corrected chi connectivity index (χ0v) is 48.3. The van der Waals surface area contributed by atoms with Crippen LogP contribution in [0.4, 0.5) is 45.5 Å². The molecule has 0 radical (unpaired) electrons. The van der Waals surface area contributed by atoms with E-state index >= 15 is 0 Å². The van der Waals surface area contributed by atoms with Crippen LogP contribution >= 0.6 is 0 Å². The highest BCUT2D eigenvalue weighted by Gasteiger charge is 2.40. The molecular weight excluding hydrogens is 1020 g/mol. The summed E-state index contributed by atoms with van der Waals surface area (Å²) in [5.41, 5.74) is 18.8. The van der Waals surface area contributed by atoms with Gasteiger partial charge >= 0.3 is 0 Å². The summed E-state index contributed by atoms with van der Waals surface area (Å²) in [6.07, 6.45) is 14.8. The first-order valence-electron chi connectivity index (χ1n) is 28.4. The van der Waals surface area contributed by atoms with Gasteiger partial charge in [-0.15, -0.1) is 0 Å². The van der Waals surface area contributed by atoms with Gasteiger partial charge in [0.1, 0.15) is 0 Å². The third kappa shape index (κ3) is 12.4. The topological polar surface area (TPSA) is 98.9 Å². The van der Waals surface area contributed by atoms with Crippen LogP contribution in [0.5, 0.6) is 0 Å². The fourth-order valence-corrected chi connectivity index (χ4v) is 11.1. The molecule has 0 spiro atoms. The first-order valence-corrected chi connectivity index (χ1v) is 28.4. The van der Waals surface area contributed by atoms with Crippen LogP contribution in [-0.4, -0.2) is 49.7 Å². The van der Waals surface area contributed by atoms with E-state index < -0.39 is 10.8 Å². The van der Waals surface area contributed by atoms with Crippen molar-refractivity contribution in [3.05, 3.63) is 298 Å². The predicted molar refractivity (Wildman–Crippen MR) is 359 cm³/mol. The first-order chi connectivity index (χ1) is 41.3. The lowest BCUT2D eigenvalue weighted by atomic mass is 9.65. The Kier molecular flexibility index (Phi) is 18.2. The Labute approximate surface area is 494 Å². The molecule has 410 valence electrons. The van der Waals surface area contributed by atoms with Crippen molar-refractivity contribution in [2.24, 2.45) is 39.9 Å². The Morgan fingerprint density at radius 1 is 0.190 bits per heavy atom. The average molecular weight is 1090 g/mol. The molecule has 0 atom stereocenters. The summed E-state index contributed by atoms with van der Waals surface area (Å²) in [5.74, 6) is 0. The maximum atomic E-state index is 4.96. The molecule has 10 aromatic carbocycles. The molecule has 0 saturated carbocycles. The Bertz CT molecular complexity index is 3480. The maximum Gasteiger partial charge on any atom is 0.0701 e. The highest BCUT2D eigenvalue weighted by atomic mass is 14.7. The SMILES string of the molecule is CC=Nc1ccc(C(c2ccc(N=CC)cc2)(c2ccc(N=CC)cc2)c2ccc(N=Cc3ccc(-c4ccc(C=Nc5ccc(C(c6ccc(N=CC)cc6)(c6ccc(N=CC)cc6)c6ccc(N=CC)cc6)cc5)cc4)cc3)cc2)cc1. The molecule has 0 bridgehead atoms. The van der Waals surface area contributed by atoms with Crippen molar-refractivity contribution in [3.8, 4) is 11.1 Å². The molecule has 0 aromatic heterocycles. The van der Waals surface area contributed by atoms with Gasteiger partial charge in [-0.05, 0) is 205 Å². The summed E-state index contributed by atoms with van der Waals surface area (Å²) < 4.78 is 0. The van der Waals surface area contributed by atoms with Crippen molar-refractivity contribution in [2.75, 3.05) is 0 Å². The van der Waals surface area contributed by atoms with Crippen molar-refractivity contribution in [3.63, 3.8) is 0 Å². The summed E-state index contributed by atoms with van der Waals surface area (Å²) in [6, 6.07) is 85.4. The third-order valence-electron chi connectivity index (χ3n) is 15.0. The number of nitrogens with zero attached hydrogens (tertiary/aromatic N) is 8.